The second kappa shape index (κ2) is 5.00. The number of imidazole rings is 1. The third-order valence-electron chi connectivity index (χ3n) is 3.63. The van der Waals surface area contributed by atoms with Crippen molar-refractivity contribution < 1.29 is 5.11 Å². The van der Waals surface area contributed by atoms with E-state index in [9.17, 15) is 5.11 Å². The normalized spacial score (nSPS) is 19.8. The summed E-state index contributed by atoms with van der Waals surface area (Å²) < 4.78 is 2.34. The molecular weight excluding hydrogens is 278 g/mol. The van der Waals surface area contributed by atoms with Gasteiger partial charge in [0.25, 0.3) is 0 Å². The van der Waals surface area contributed by atoms with Crippen LogP contribution in [0.1, 0.15) is 26.0 Å². The largest absolute Gasteiger partial charge is 0.390 e. The average Bonchev–Trinajstić information content (AvgIpc) is 2.88. The van der Waals surface area contributed by atoms with Gasteiger partial charge < -0.3 is 10.0 Å². The summed E-state index contributed by atoms with van der Waals surface area (Å²) in [6, 6.07) is 0. The molecular formula is C13H19N3OS2. The first kappa shape index (κ1) is 13.3. The van der Waals surface area contributed by atoms with Crippen LogP contribution in [0, 0.1) is 0 Å². The molecule has 1 fully saturated rings. The van der Waals surface area contributed by atoms with Crippen LogP contribution in [0.15, 0.2) is 11.6 Å². The molecule has 19 heavy (non-hydrogen) atoms. The van der Waals surface area contributed by atoms with Crippen molar-refractivity contribution in [3.8, 4) is 0 Å². The van der Waals surface area contributed by atoms with Crippen LogP contribution in [0.3, 0.4) is 0 Å². The number of aliphatic hydroxyl groups excluding tert-OH is 1. The van der Waals surface area contributed by atoms with E-state index in [-0.39, 0.29) is 6.61 Å². The average molecular weight is 297 g/mol. The molecule has 0 unspecified atom stereocenters. The Morgan fingerprint density at radius 1 is 1.42 bits per heavy atom. The molecule has 2 aromatic heterocycles. The summed E-state index contributed by atoms with van der Waals surface area (Å²) in [5.74, 6) is 2.08. The number of fused-ring (bicyclic) bond motifs is 1. The summed E-state index contributed by atoms with van der Waals surface area (Å²) in [5.41, 5.74) is 0.918. The summed E-state index contributed by atoms with van der Waals surface area (Å²) >= 11 is 3.64. The molecule has 104 valence electrons. The fraction of sp³-hybridized carbons (Fsp3) is 0.615. The molecule has 1 aliphatic heterocycles. The van der Waals surface area contributed by atoms with Crippen LogP contribution < -0.4 is 4.90 Å². The van der Waals surface area contributed by atoms with Crippen molar-refractivity contribution in [2.75, 3.05) is 23.7 Å². The Hall–Kier alpha value is -0.720. The number of aromatic nitrogens is 2. The molecule has 1 N–H and O–H groups in total. The SMILES string of the molecule is CC1(C)CCN(c2nc3sccn3c2CO)CCS1. The fourth-order valence-electron chi connectivity index (χ4n) is 2.45. The van der Waals surface area contributed by atoms with Gasteiger partial charge in [-0.2, -0.15) is 11.8 Å². The van der Waals surface area contributed by atoms with E-state index >= 15 is 0 Å². The lowest BCUT2D eigenvalue weighted by Gasteiger charge is -2.23. The molecule has 3 heterocycles. The highest BCUT2D eigenvalue weighted by molar-refractivity contribution is 8.00. The zero-order valence-corrected chi connectivity index (χ0v) is 12.9. The Morgan fingerprint density at radius 3 is 3.05 bits per heavy atom. The van der Waals surface area contributed by atoms with E-state index in [2.05, 4.69) is 18.7 Å². The van der Waals surface area contributed by atoms with Gasteiger partial charge in [0.15, 0.2) is 10.8 Å². The molecule has 0 spiro atoms. The zero-order chi connectivity index (χ0) is 13.5. The summed E-state index contributed by atoms with van der Waals surface area (Å²) in [7, 11) is 0. The van der Waals surface area contributed by atoms with E-state index in [0.29, 0.717) is 4.75 Å². The number of rotatable bonds is 2. The Bertz CT molecular complexity index is 575. The second-order valence-corrected chi connectivity index (χ2v) is 8.12. The topological polar surface area (TPSA) is 40.8 Å². The number of thioether (sulfide) groups is 1. The third-order valence-corrected chi connectivity index (χ3v) is 5.76. The van der Waals surface area contributed by atoms with E-state index in [4.69, 9.17) is 4.98 Å². The lowest BCUT2D eigenvalue weighted by molar-refractivity contribution is 0.276. The lowest BCUT2D eigenvalue weighted by atomic mass is 10.1. The van der Waals surface area contributed by atoms with Gasteiger partial charge in [-0.1, -0.05) is 13.8 Å². The van der Waals surface area contributed by atoms with Gasteiger partial charge in [-0.05, 0) is 6.42 Å². The van der Waals surface area contributed by atoms with Crippen LogP contribution in [0.25, 0.3) is 4.96 Å². The molecule has 0 aromatic carbocycles. The first-order valence-electron chi connectivity index (χ1n) is 6.55. The van der Waals surface area contributed by atoms with E-state index in [1.165, 1.54) is 0 Å². The van der Waals surface area contributed by atoms with Crippen molar-refractivity contribution in [2.45, 2.75) is 31.6 Å². The molecule has 0 atom stereocenters. The van der Waals surface area contributed by atoms with E-state index in [0.717, 1.165) is 41.7 Å². The highest BCUT2D eigenvalue weighted by Gasteiger charge is 2.26. The molecule has 0 radical (unpaired) electrons. The van der Waals surface area contributed by atoms with Gasteiger partial charge >= 0.3 is 0 Å². The van der Waals surface area contributed by atoms with Crippen LogP contribution in [0.4, 0.5) is 5.82 Å². The van der Waals surface area contributed by atoms with Crippen LogP contribution in [-0.4, -0.2) is 38.1 Å². The molecule has 4 nitrogen and oxygen atoms in total. The number of hydrogen-bond donors (Lipinski definition) is 1. The maximum absolute atomic E-state index is 9.64. The van der Waals surface area contributed by atoms with Gasteiger partial charge in [-0.3, -0.25) is 4.40 Å². The highest BCUT2D eigenvalue weighted by atomic mass is 32.2. The van der Waals surface area contributed by atoms with Gasteiger partial charge in [0.05, 0.1) is 12.3 Å². The molecule has 1 aliphatic rings. The van der Waals surface area contributed by atoms with Crippen LogP contribution in [0.2, 0.25) is 0 Å². The number of anilines is 1. The second-order valence-electron chi connectivity index (χ2n) is 5.44. The van der Waals surface area contributed by atoms with Gasteiger partial charge in [0.2, 0.25) is 0 Å². The fourth-order valence-corrected chi connectivity index (χ4v) is 4.28. The number of thiazole rings is 1. The molecule has 0 amide bonds. The van der Waals surface area contributed by atoms with Gasteiger partial charge in [-0.25, -0.2) is 4.98 Å². The van der Waals surface area contributed by atoms with E-state index < -0.39 is 0 Å². The summed E-state index contributed by atoms with van der Waals surface area (Å²) in [6.07, 6.45) is 3.13. The van der Waals surface area contributed by atoms with E-state index in [1.54, 1.807) is 11.3 Å². The lowest BCUT2D eigenvalue weighted by Crippen LogP contribution is -2.28. The molecule has 0 saturated carbocycles. The Kier molecular flexibility index (Phi) is 3.49. The third kappa shape index (κ3) is 2.49. The maximum atomic E-state index is 9.64. The van der Waals surface area contributed by atoms with Crippen molar-refractivity contribution in [2.24, 2.45) is 0 Å². The molecule has 2 aromatic rings. The van der Waals surface area contributed by atoms with Gasteiger partial charge in [-0.15, -0.1) is 11.3 Å². The smallest absolute Gasteiger partial charge is 0.195 e. The number of aliphatic hydroxyl groups is 1. The highest BCUT2D eigenvalue weighted by Crippen LogP contribution is 2.33. The monoisotopic (exact) mass is 297 g/mol. The van der Waals surface area contributed by atoms with Crippen molar-refractivity contribution in [1.82, 2.24) is 9.38 Å². The molecule has 1 saturated heterocycles. The van der Waals surface area contributed by atoms with E-state index in [1.807, 2.05) is 27.7 Å². The quantitative estimate of drug-likeness (QED) is 0.925. The molecule has 6 heteroatoms. The van der Waals surface area contributed by atoms with Crippen LogP contribution >= 0.6 is 23.1 Å². The van der Waals surface area contributed by atoms with Crippen molar-refractivity contribution in [1.29, 1.82) is 0 Å². The zero-order valence-electron chi connectivity index (χ0n) is 11.3. The predicted molar refractivity (Wildman–Crippen MR) is 82.4 cm³/mol. The minimum Gasteiger partial charge on any atom is -0.390 e. The first-order chi connectivity index (χ1) is 9.11. The Balaban J connectivity index is 1.93. The Labute approximate surface area is 121 Å². The van der Waals surface area contributed by atoms with Gasteiger partial charge in [0, 0.05) is 35.2 Å². The molecule has 0 aliphatic carbocycles. The minimum atomic E-state index is 0.0419. The summed E-state index contributed by atoms with van der Waals surface area (Å²) in [5, 5.41) is 11.6. The summed E-state index contributed by atoms with van der Waals surface area (Å²) in [6.45, 7) is 6.67. The number of nitrogens with zero attached hydrogens (tertiary/aromatic N) is 3. The Morgan fingerprint density at radius 2 is 2.26 bits per heavy atom. The van der Waals surface area contributed by atoms with Crippen molar-refractivity contribution >= 4 is 33.9 Å². The standard InChI is InChI=1S/C13H19N3OS2/c1-13(2)3-4-15(5-8-19-13)11-10(9-17)16-6-7-18-12(16)14-11/h6-7,17H,3-5,8-9H2,1-2H3. The summed E-state index contributed by atoms with van der Waals surface area (Å²) in [4.78, 5) is 7.99. The first-order valence-corrected chi connectivity index (χ1v) is 8.41. The predicted octanol–water partition coefficient (Wildman–Crippen LogP) is 2.61. The number of hydrogen-bond acceptors (Lipinski definition) is 5. The van der Waals surface area contributed by atoms with Crippen molar-refractivity contribution in [3.63, 3.8) is 0 Å². The van der Waals surface area contributed by atoms with Gasteiger partial charge in [0.1, 0.15) is 0 Å². The van der Waals surface area contributed by atoms with Crippen molar-refractivity contribution in [3.05, 3.63) is 17.3 Å². The maximum Gasteiger partial charge on any atom is 0.195 e. The minimum absolute atomic E-state index is 0.0419. The molecule has 3 rings (SSSR count). The van der Waals surface area contributed by atoms with Crippen LogP contribution in [0.5, 0.6) is 0 Å². The molecule has 0 bridgehead atoms. The van der Waals surface area contributed by atoms with Crippen LogP contribution in [-0.2, 0) is 6.61 Å².